The predicted octanol–water partition coefficient (Wildman–Crippen LogP) is 3.29. The minimum Gasteiger partial charge on any atom is -0.279 e. The first-order valence-electron chi connectivity index (χ1n) is 5.82. The molecular weight excluding hydrogens is 398 g/mol. The van der Waals surface area contributed by atoms with E-state index in [1.165, 1.54) is 15.7 Å². The topological polar surface area (TPSA) is 63.5 Å². The van der Waals surface area contributed by atoms with Crippen LogP contribution >= 0.6 is 38.9 Å². The van der Waals surface area contributed by atoms with Crippen molar-refractivity contribution >= 4 is 53.9 Å². The molecule has 21 heavy (non-hydrogen) atoms. The summed E-state index contributed by atoms with van der Waals surface area (Å²) in [4.78, 5) is 4.57. The van der Waals surface area contributed by atoms with Gasteiger partial charge in [0.2, 0.25) is 0 Å². The molecule has 9 heteroatoms. The molecule has 0 fully saturated rings. The zero-order valence-electron chi connectivity index (χ0n) is 10.5. The summed E-state index contributed by atoms with van der Waals surface area (Å²) in [5.41, 5.74) is 0.851. The zero-order chi connectivity index (χ0) is 15.0. The molecule has 1 N–H and O–H groups in total. The van der Waals surface area contributed by atoms with Crippen molar-refractivity contribution in [2.24, 2.45) is 0 Å². The van der Waals surface area contributed by atoms with Gasteiger partial charge in [0.05, 0.1) is 0 Å². The molecule has 0 radical (unpaired) electrons. The Kier molecular flexibility index (Phi) is 4.06. The standard InChI is InChI=1S/C12H9BrClN3O2S2/c13-9-3-1-8(2-4-9)7-15-21(18,19)11-10(14)16-12-17(11)5-6-20-12/h1-6,15H,7H2. The van der Waals surface area contributed by atoms with Gasteiger partial charge in [0.1, 0.15) is 0 Å². The van der Waals surface area contributed by atoms with E-state index in [1.807, 2.05) is 24.3 Å². The molecule has 0 spiro atoms. The summed E-state index contributed by atoms with van der Waals surface area (Å²) in [6.45, 7) is 0.184. The highest BCUT2D eigenvalue weighted by Crippen LogP contribution is 2.25. The Labute approximate surface area is 138 Å². The van der Waals surface area contributed by atoms with Gasteiger partial charge in [-0.3, -0.25) is 4.40 Å². The highest BCUT2D eigenvalue weighted by Gasteiger charge is 2.24. The van der Waals surface area contributed by atoms with Crippen molar-refractivity contribution in [3.05, 3.63) is 51.0 Å². The Bertz CT molecular complexity index is 887. The summed E-state index contributed by atoms with van der Waals surface area (Å²) in [6.07, 6.45) is 1.63. The summed E-state index contributed by atoms with van der Waals surface area (Å²) in [6, 6.07) is 7.38. The van der Waals surface area contributed by atoms with Gasteiger partial charge in [-0.2, -0.15) is 0 Å². The van der Waals surface area contributed by atoms with E-state index in [1.54, 1.807) is 11.6 Å². The van der Waals surface area contributed by atoms with Crippen LogP contribution in [0.15, 0.2) is 45.3 Å². The minimum atomic E-state index is -3.74. The van der Waals surface area contributed by atoms with Crippen LogP contribution in [0.25, 0.3) is 4.96 Å². The summed E-state index contributed by atoms with van der Waals surface area (Å²) in [5, 5.41) is 1.70. The molecule has 110 valence electrons. The molecule has 3 rings (SSSR count). The van der Waals surface area contributed by atoms with E-state index in [4.69, 9.17) is 11.6 Å². The Balaban J connectivity index is 1.88. The lowest BCUT2D eigenvalue weighted by molar-refractivity contribution is 0.576. The van der Waals surface area contributed by atoms with Gasteiger partial charge in [-0.1, -0.05) is 39.7 Å². The average Bonchev–Trinajstić information content (AvgIpc) is 2.97. The first kappa shape index (κ1) is 15.0. The van der Waals surface area contributed by atoms with Gasteiger partial charge in [-0.05, 0) is 17.7 Å². The van der Waals surface area contributed by atoms with Crippen LogP contribution < -0.4 is 4.72 Å². The Hall–Kier alpha value is -0.930. The van der Waals surface area contributed by atoms with Crippen LogP contribution in [-0.2, 0) is 16.6 Å². The Morgan fingerprint density at radius 1 is 1.33 bits per heavy atom. The average molecular weight is 407 g/mol. The Morgan fingerprint density at radius 3 is 2.76 bits per heavy atom. The lowest BCUT2D eigenvalue weighted by Crippen LogP contribution is -2.24. The fourth-order valence-corrected chi connectivity index (χ4v) is 4.56. The molecule has 2 aromatic heterocycles. The van der Waals surface area contributed by atoms with Crippen LogP contribution in [0.1, 0.15) is 5.56 Å². The van der Waals surface area contributed by atoms with Gasteiger partial charge in [0.25, 0.3) is 10.0 Å². The molecule has 5 nitrogen and oxygen atoms in total. The molecule has 0 aliphatic carbocycles. The van der Waals surface area contributed by atoms with Crippen LogP contribution in [0.2, 0.25) is 5.15 Å². The zero-order valence-corrected chi connectivity index (χ0v) is 14.4. The summed E-state index contributed by atoms with van der Waals surface area (Å²) < 4.78 is 29.8. The van der Waals surface area contributed by atoms with Crippen LogP contribution in [0.3, 0.4) is 0 Å². The van der Waals surface area contributed by atoms with Crippen molar-refractivity contribution in [1.29, 1.82) is 0 Å². The molecule has 2 heterocycles. The molecule has 3 aromatic rings. The second kappa shape index (κ2) is 5.69. The number of nitrogens with one attached hydrogen (secondary N) is 1. The van der Waals surface area contributed by atoms with Crippen molar-refractivity contribution in [2.75, 3.05) is 0 Å². The van der Waals surface area contributed by atoms with Gasteiger partial charge >= 0.3 is 0 Å². The summed E-state index contributed by atoms with van der Waals surface area (Å²) in [7, 11) is -3.74. The molecule has 0 unspecified atom stereocenters. The normalized spacial score (nSPS) is 12.1. The predicted molar refractivity (Wildman–Crippen MR) is 86.2 cm³/mol. The van der Waals surface area contributed by atoms with E-state index < -0.39 is 10.0 Å². The molecule has 0 amide bonds. The van der Waals surface area contributed by atoms with Crippen molar-refractivity contribution in [3.8, 4) is 0 Å². The lowest BCUT2D eigenvalue weighted by Gasteiger charge is -2.06. The molecular formula is C12H9BrClN3O2S2. The highest BCUT2D eigenvalue weighted by atomic mass is 79.9. The third-order valence-electron chi connectivity index (χ3n) is 2.81. The van der Waals surface area contributed by atoms with E-state index in [-0.39, 0.29) is 16.7 Å². The minimum absolute atomic E-state index is 0.0230. The summed E-state index contributed by atoms with van der Waals surface area (Å²) in [5.74, 6) is 0. The van der Waals surface area contributed by atoms with E-state index in [0.29, 0.717) is 4.96 Å². The number of aromatic nitrogens is 2. The van der Waals surface area contributed by atoms with Gasteiger partial charge in [0, 0.05) is 22.6 Å². The molecule has 0 saturated heterocycles. The maximum absolute atomic E-state index is 12.4. The monoisotopic (exact) mass is 405 g/mol. The van der Waals surface area contributed by atoms with Gasteiger partial charge in [-0.25, -0.2) is 18.1 Å². The van der Waals surface area contributed by atoms with Crippen molar-refractivity contribution in [3.63, 3.8) is 0 Å². The van der Waals surface area contributed by atoms with E-state index in [0.717, 1.165) is 10.0 Å². The lowest BCUT2D eigenvalue weighted by atomic mass is 10.2. The van der Waals surface area contributed by atoms with E-state index in [2.05, 4.69) is 25.6 Å². The van der Waals surface area contributed by atoms with E-state index >= 15 is 0 Å². The molecule has 0 aliphatic heterocycles. The Morgan fingerprint density at radius 2 is 2.05 bits per heavy atom. The largest absolute Gasteiger partial charge is 0.279 e. The van der Waals surface area contributed by atoms with Gasteiger partial charge in [0.15, 0.2) is 15.1 Å². The highest BCUT2D eigenvalue weighted by molar-refractivity contribution is 9.10. The number of hydrogen-bond donors (Lipinski definition) is 1. The maximum Gasteiger partial charge on any atom is 0.260 e. The second-order valence-electron chi connectivity index (χ2n) is 4.21. The SMILES string of the molecule is O=S(=O)(NCc1ccc(Br)cc1)c1c(Cl)nc2sccn12. The van der Waals surface area contributed by atoms with Crippen LogP contribution in [0, 0.1) is 0 Å². The number of rotatable bonds is 4. The third kappa shape index (κ3) is 3.00. The number of fused-ring (bicyclic) bond motifs is 1. The van der Waals surface area contributed by atoms with Crippen LogP contribution in [0.4, 0.5) is 0 Å². The number of hydrogen-bond acceptors (Lipinski definition) is 4. The number of thiazole rings is 1. The number of benzene rings is 1. The van der Waals surface area contributed by atoms with Crippen molar-refractivity contribution in [1.82, 2.24) is 14.1 Å². The maximum atomic E-state index is 12.4. The van der Waals surface area contributed by atoms with Crippen LogP contribution in [0.5, 0.6) is 0 Å². The smallest absolute Gasteiger partial charge is 0.260 e. The molecule has 0 atom stereocenters. The quantitative estimate of drug-likeness (QED) is 0.723. The first-order valence-corrected chi connectivity index (χ1v) is 9.36. The number of sulfonamides is 1. The number of halogens is 2. The molecule has 1 aromatic carbocycles. The van der Waals surface area contributed by atoms with Gasteiger partial charge in [-0.15, -0.1) is 11.3 Å². The summed E-state index contributed by atoms with van der Waals surface area (Å²) >= 11 is 10.6. The van der Waals surface area contributed by atoms with Gasteiger partial charge < -0.3 is 0 Å². The molecule has 0 bridgehead atoms. The number of imidazole rings is 1. The van der Waals surface area contributed by atoms with E-state index in [9.17, 15) is 8.42 Å². The molecule has 0 saturated carbocycles. The second-order valence-corrected chi connectivity index (χ2v) is 8.04. The fraction of sp³-hybridized carbons (Fsp3) is 0.0833. The first-order chi connectivity index (χ1) is 9.97. The van der Waals surface area contributed by atoms with Crippen molar-refractivity contribution in [2.45, 2.75) is 11.6 Å². The van der Waals surface area contributed by atoms with Crippen molar-refractivity contribution < 1.29 is 8.42 Å². The third-order valence-corrected chi connectivity index (χ3v) is 5.90. The fourth-order valence-electron chi connectivity index (χ4n) is 1.83. The molecule has 0 aliphatic rings. The number of nitrogens with zero attached hydrogens (tertiary/aromatic N) is 2. The van der Waals surface area contributed by atoms with Crippen LogP contribution in [-0.4, -0.2) is 17.8 Å².